The molecule has 1 N–H and O–H groups in total. The fraction of sp³-hybridized carbons (Fsp3) is 0.647. The number of likely N-dealkylation sites (N-methyl/N-ethyl adjacent to an activating group) is 1. The first-order valence-electron chi connectivity index (χ1n) is 7.51. The standard InChI is InChI=1S/C17H30N2O/c1-7-19(13-12-18-17(3,4)5)14(2)15-10-8-9-11-16(15)20-6/h8-11,14,18H,7,12-13H2,1-6H3/t14-/m0/s1. The first kappa shape index (κ1) is 17.0. The molecule has 0 fully saturated rings. The van der Waals surface area contributed by atoms with E-state index in [-0.39, 0.29) is 5.54 Å². The van der Waals surface area contributed by atoms with E-state index in [4.69, 9.17) is 4.74 Å². The average Bonchev–Trinajstić information content (AvgIpc) is 2.41. The highest BCUT2D eigenvalue weighted by Crippen LogP contribution is 2.28. The van der Waals surface area contributed by atoms with Crippen molar-refractivity contribution in [2.24, 2.45) is 0 Å². The molecule has 0 saturated carbocycles. The number of para-hydroxylation sites is 1. The summed E-state index contributed by atoms with van der Waals surface area (Å²) in [4.78, 5) is 2.47. The van der Waals surface area contributed by atoms with Gasteiger partial charge >= 0.3 is 0 Å². The van der Waals surface area contributed by atoms with Crippen LogP contribution in [0.5, 0.6) is 5.75 Å². The molecule has 0 unspecified atom stereocenters. The number of nitrogens with one attached hydrogen (secondary N) is 1. The molecule has 1 rings (SSSR count). The second kappa shape index (κ2) is 7.65. The Kier molecular flexibility index (Phi) is 6.50. The van der Waals surface area contributed by atoms with Gasteiger partial charge in [-0.2, -0.15) is 0 Å². The van der Waals surface area contributed by atoms with Crippen LogP contribution >= 0.6 is 0 Å². The van der Waals surface area contributed by atoms with E-state index >= 15 is 0 Å². The zero-order valence-corrected chi connectivity index (χ0v) is 13.9. The highest BCUT2D eigenvalue weighted by molar-refractivity contribution is 5.35. The molecule has 0 heterocycles. The molecule has 0 amide bonds. The van der Waals surface area contributed by atoms with Gasteiger partial charge in [-0.05, 0) is 40.3 Å². The van der Waals surface area contributed by atoms with Gasteiger partial charge in [0.25, 0.3) is 0 Å². The van der Waals surface area contributed by atoms with Gasteiger partial charge in [-0.15, -0.1) is 0 Å². The Hall–Kier alpha value is -1.06. The van der Waals surface area contributed by atoms with Gasteiger partial charge in [-0.25, -0.2) is 0 Å². The zero-order valence-electron chi connectivity index (χ0n) is 13.9. The van der Waals surface area contributed by atoms with Crippen LogP contribution < -0.4 is 10.1 Å². The van der Waals surface area contributed by atoms with Gasteiger partial charge in [0.15, 0.2) is 0 Å². The van der Waals surface area contributed by atoms with E-state index in [1.54, 1.807) is 7.11 Å². The summed E-state index contributed by atoms with van der Waals surface area (Å²) in [6, 6.07) is 8.65. The molecule has 1 aromatic rings. The van der Waals surface area contributed by atoms with E-state index in [0.717, 1.165) is 25.4 Å². The van der Waals surface area contributed by atoms with Crippen LogP contribution in [0.2, 0.25) is 0 Å². The summed E-state index contributed by atoms with van der Waals surface area (Å²) in [5.41, 5.74) is 1.43. The third-order valence-electron chi connectivity index (χ3n) is 3.60. The minimum atomic E-state index is 0.174. The maximum absolute atomic E-state index is 5.48. The molecule has 114 valence electrons. The maximum Gasteiger partial charge on any atom is 0.123 e. The molecule has 0 saturated heterocycles. The van der Waals surface area contributed by atoms with Crippen LogP contribution in [0.25, 0.3) is 0 Å². The van der Waals surface area contributed by atoms with Crippen LogP contribution in [-0.4, -0.2) is 37.2 Å². The number of rotatable bonds is 7. The van der Waals surface area contributed by atoms with Crippen LogP contribution in [0.15, 0.2) is 24.3 Å². The maximum atomic E-state index is 5.48. The fourth-order valence-electron chi connectivity index (χ4n) is 2.41. The van der Waals surface area contributed by atoms with E-state index < -0.39 is 0 Å². The second-order valence-electron chi connectivity index (χ2n) is 6.22. The first-order valence-corrected chi connectivity index (χ1v) is 7.51. The molecule has 3 nitrogen and oxygen atoms in total. The SMILES string of the molecule is CCN(CCNC(C)(C)C)[C@@H](C)c1ccccc1OC. The van der Waals surface area contributed by atoms with Crippen molar-refractivity contribution in [2.45, 2.75) is 46.2 Å². The smallest absolute Gasteiger partial charge is 0.123 e. The molecule has 0 bridgehead atoms. The molecule has 0 spiro atoms. The molecule has 0 aliphatic carbocycles. The van der Waals surface area contributed by atoms with Gasteiger partial charge < -0.3 is 10.1 Å². The largest absolute Gasteiger partial charge is 0.496 e. The van der Waals surface area contributed by atoms with Crippen LogP contribution in [-0.2, 0) is 0 Å². The lowest BCUT2D eigenvalue weighted by Crippen LogP contribution is -2.42. The minimum Gasteiger partial charge on any atom is -0.496 e. The Morgan fingerprint density at radius 2 is 1.90 bits per heavy atom. The molecule has 3 heteroatoms. The summed E-state index contributed by atoms with van der Waals surface area (Å²) in [7, 11) is 1.74. The number of ether oxygens (including phenoxy) is 1. The highest BCUT2D eigenvalue weighted by Gasteiger charge is 2.18. The Bertz CT molecular complexity index is 398. The molecule has 1 aromatic carbocycles. The lowest BCUT2D eigenvalue weighted by molar-refractivity contribution is 0.211. The molecular formula is C17H30N2O. The van der Waals surface area contributed by atoms with E-state index in [1.165, 1.54) is 5.56 Å². The number of hydrogen-bond acceptors (Lipinski definition) is 3. The first-order chi connectivity index (χ1) is 9.39. The van der Waals surface area contributed by atoms with Crippen molar-refractivity contribution in [1.29, 1.82) is 0 Å². The van der Waals surface area contributed by atoms with Crippen molar-refractivity contribution in [3.05, 3.63) is 29.8 Å². The lowest BCUT2D eigenvalue weighted by atomic mass is 10.1. The van der Waals surface area contributed by atoms with Gasteiger partial charge in [0.05, 0.1) is 7.11 Å². The Labute approximate surface area is 124 Å². The normalized spacial score (nSPS) is 13.6. The van der Waals surface area contributed by atoms with Gasteiger partial charge in [0.2, 0.25) is 0 Å². The van der Waals surface area contributed by atoms with Crippen LogP contribution in [0.1, 0.15) is 46.2 Å². The predicted molar refractivity (Wildman–Crippen MR) is 86.4 cm³/mol. The number of nitrogens with zero attached hydrogens (tertiary/aromatic N) is 1. The van der Waals surface area contributed by atoms with Crippen molar-refractivity contribution in [2.75, 3.05) is 26.7 Å². The summed E-state index contributed by atoms with van der Waals surface area (Å²) >= 11 is 0. The van der Waals surface area contributed by atoms with Crippen molar-refractivity contribution >= 4 is 0 Å². The van der Waals surface area contributed by atoms with E-state index in [2.05, 4.69) is 57.0 Å². The second-order valence-corrected chi connectivity index (χ2v) is 6.22. The van der Waals surface area contributed by atoms with Gasteiger partial charge in [0, 0.05) is 30.2 Å². The van der Waals surface area contributed by atoms with Crippen molar-refractivity contribution in [3.63, 3.8) is 0 Å². The monoisotopic (exact) mass is 278 g/mol. The van der Waals surface area contributed by atoms with Gasteiger partial charge in [-0.3, -0.25) is 4.90 Å². The van der Waals surface area contributed by atoms with Crippen LogP contribution in [0.3, 0.4) is 0 Å². The molecule has 1 atom stereocenters. The van der Waals surface area contributed by atoms with Gasteiger partial charge in [0.1, 0.15) is 5.75 Å². The number of methoxy groups -OCH3 is 1. The predicted octanol–water partition coefficient (Wildman–Crippen LogP) is 3.47. The van der Waals surface area contributed by atoms with Crippen LogP contribution in [0, 0.1) is 0 Å². The summed E-state index contributed by atoms with van der Waals surface area (Å²) in [5.74, 6) is 0.974. The summed E-state index contributed by atoms with van der Waals surface area (Å²) in [6.07, 6.45) is 0. The van der Waals surface area contributed by atoms with E-state index in [9.17, 15) is 0 Å². The number of benzene rings is 1. The quantitative estimate of drug-likeness (QED) is 0.826. The third-order valence-corrected chi connectivity index (χ3v) is 3.60. The van der Waals surface area contributed by atoms with Crippen LogP contribution in [0.4, 0.5) is 0 Å². The molecule has 0 aliphatic heterocycles. The molecule has 0 radical (unpaired) electrons. The van der Waals surface area contributed by atoms with Gasteiger partial charge in [-0.1, -0.05) is 25.1 Å². The highest BCUT2D eigenvalue weighted by atomic mass is 16.5. The Morgan fingerprint density at radius 3 is 2.45 bits per heavy atom. The summed E-state index contributed by atoms with van der Waals surface area (Å²) in [5, 5.41) is 3.55. The van der Waals surface area contributed by atoms with E-state index in [1.807, 2.05) is 12.1 Å². The molecule has 0 aliphatic rings. The summed E-state index contributed by atoms with van der Waals surface area (Å²) in [6.45, 7) is 14.1. The van der Waals surface area contributed by atoms with Crippen molar-refractivity contribution in [3.8, 4) is 5.75 Å². The minimum absolute atomic E-state index is 0.174. The zero-order chi connectivity index (χ0) is 15.2. The molecular weight excluding hydrogens is 248 g/mol. The Balaban J connectivity index is 2.69. The summed E-state index contributed by atoms with van der Waals surface area (Å²) < 4.78 is 5.48. The topological polar surface area (TPSA) is 24.5 Å². The van der Waals surface area contributed by atoms with E-state index in [0.29, 0.717) is 6.04 Å². The average molecular weight is 278 g/mol. The molecule has 0 aromatic heterocycles. The van der Waals surface area contributed by atoms with Crippen molar-refractivity contribution < 1.29 is 4.74 Å². The third kappa shape index (κ3) is 5.14. The lowest BCUT2D eigenvalue weighted by Gasteiger charge is -2.30. The molecule has 20 heavy (non-hydrogen) atoms. The van der Waals surface area contributed by atoms with Crippen molar-refractivity contribution in [1.82, 2.24) is 10.2 Å². The Morgan fingerprint density at radius 1 is 1.25 bits per heavy atom. The number of hydrogen-bond donors (Lipinski definition) is 1. The fourth-order valence-corrected chi connectivity index (χ4v) is 2.41.